The Balaban J connectivity index is 1.50. The summed E-state index contributed by atoms with van der Waals surface area (Å²) in [4.78, 5) is 8.19. The van der Waals surface area contributed by atoms with Crippen molar-refractivity contribution in [2.45, 2.75) is 31.2 Å². The van der Waals surface area contributed by atoms with Crippen LogP contribution in [0.3, 0.4) is 0 Å². The van der Waals surface area contributed by atoms with E-state index < -0.39 is 24.2 Å². The van der Waals surface area contributed by atoms with Gasteiger partial charge < -0.3 is 14.5 Å². The summed E-state index contributed by atoms with van der Waals surface area (Å²) in [7, 11) is 0. The zero-order valence-corrected chi connectivity index (χ0v) is 14.5. The first-order valence-electron chi connectivity index (χ1n) is 8.33. The normalized spacial score (nSPS) is 15.4. The van der Waals surface area contributed by atoms with Gasteiger partial charge >= 0.3 is 12.8 Å². The van der Waals surface area contributed by atoms with Crippen LogP contribution < -0.4 is 10.1 Å². The molecule has 152 valence electrons. The summed E-state index contributed by atoms with van der Waals surface area (Å²) in [6.45, 7) is 0. The first kappa shape index (κ1) is 19.0. The summed E-state index contributed by atoms with van der Waals surface area (Å²) < 4.78 is 71.2. The summed E-state index contributed by atoms with van der Waals surface area (Å²) >= 11 is 0. The van der Waals surface area contributed by atoms with E-state index in [1.54, 1.807) is 6.07 Å². The Hall–Kier alpha value is -3.31. The Morgan fingerprint density at radius 1 is 1.10 bits per heavy atom. The molecule has 0 aliphatic heterocycles. The van der Waals surface area contributed by atoms with E-state index in [-0.39, 0.29) is 23.2 Å². The first-order valence-corrected chi connectivity index (χ1v) is 8.33. The molecule has 1 aliphatic rings. The maximum absolute atomic E-state index is 12.5. The number of ether oxygens (including phenoxy) is 1. The van der Waals surface area contributed by atoms with Crippen molar-refractivity contribution in [3.63, 3.8) is 0 Å². The van der Waals surface area contributed by atoms with Crippen LogP contribution in [0.2, 0.25) is 0 Å². The van der Waals surface area contributed by atoms with Gasteiger partial charge in [0, 0.05) is 12.4 Å². The maximum atomic E-state index is 12.5. The highest BCUT2D eigenvalue weighted by molar-refractivity contribution is 5.51. The van der Waals surface area contributed by atoms with E-state index in [0.717, 1.165) is 0 Å². The SMILES string of the molecule is FC(F)c1nnc(-c2cnc(NC3(c4cccc(OC(F)(F)F)c4)CC3)nc2)o1. The summed E-state index contributed by atoms with van der Waals surface area (Å²) in [5.74, 6) is -1.06. The van der Waals surface area contributed by atoms with Gasteiger partial charge in [-0.25, -0.2) is 9.97 Å². The molecular formula is C17H12F5N5O2. The highest BCUT2D eigenvalue weighted by Gasteiger charge is 2.45. The van der Waals surface area contributed by atoms with Crippen LogP contribution in [-0.2, 0) is 5.54 Å². The standard InChI is InChI=1S/C17H12F5N5O2/c18-12(19)14-27-26-13(28-14)9-7-23-15(24-8-9)25-16(4-5-16)10-2-1-3-11(6-10)29-17(20,21)22/h1-3,6-8,12H,4-5H2,(H,23,24,25). The van der Waals surface area contributed by atoms with Crippen LogP contribution in [0.25, 0.3) is 11.5 Å². The van der Waals surface area contributed by atoms with Gasteiger partial charge in [-0.1, -0.05) is 12.1 Å². The average molecular weight is 413 g/mol. The maximum Gasteiger partial charge on any atom is 0.573 e. The summed E-state index contributed by atoms with van der Waals surface area (Å²) in [5.41, 5.74) is 0.241. The van der Waals surface area contributed by atoms with Crippen LogP contribution in [-0.4, -0.2) is 26.5 Å². The van der Waals surface area contributed by atoms with Gasteiger partial charge in [0.15, 0.2) is 0 Å². The Morgan fingerprint density at radius 2 is 1.83 bits per heavy atom. The van der Waals surface area contributed by atoms with Gasteiger partial charge in [0.1, 0.15) is 5.75 Å². The molecule has 0 spiro atoms. The third-order valence-electron chi connectivity index (χ3n) is 4.25. The minimum atomic E-state index is -4.78. The number of aromatic nitrogens is 4. The smallest absolute Gasteiger partial charge is 0.415 e. The fraction of sp³-hybridized carbons (Fsp3) is 0.294. The molecule has 7 nitrogen and oxygen atoms in total. The van der Waals surface area contributed by atoms with Crippen molar-refractivity contribution in [1.82, 2.24) is 20.2 Å². The molecule has 1 saturated carbocycles. The number of anilines is 1. The lowest BCUT2D eigenvalue weighted by Crippen LogP contribution is -2.21. The second-order valence-corrected chi connectivity index (χ2v) is 6.32. The highest BCUT2D eigenvalue weighted by atomic mass is 19.4. The Kier molecular flexibility index (Phi) is 4.55. The predicted molar refractivity (Wildman–Crippen MR) is 87.9 cm³/mol. The van der Waals surface area contributed by atoms with Crippen LogP contribution in [0.5, 0.6) is 5.75 Å². The second kappa shape index (κ2) is 6.94. The van der Waals surface area contributed by atoms with Gasteiger partial charge in [-0.3, -0.25) is 0 Å². The second-order valence-electron chi connectivity index (χ2n) is 6.32. The van der Waals surface area contributed by atoms with E-state index >= 15 is 0 Å². The zero-order chi connectivity index (χ0) is 20.6. The summed E-state index contributed by atoms with van der Waals surface area (Å²) in [5, 5.41) is 9.83. The molecule has 1 N–H and O–H groups in total. The molecule has 4 rings (SSSR count). The lowest BCUT2D eigenvalue weighted by Gasteiger charge is -2.19. The van der Waals surface area contributed by atoms with E-state index in [1.165, 1.54) is 30.6 Å². The van der Waals surface area contributed by atoms with Gasteiger partial charge in [0.05, 0.1) is 11.1 Å². The highest BCUT2D eigenvalue weighted by Crippen LogP contribution is 2.48. The molecule has 1 fully saturated rings. The zero-order valence-electron chi connectivity index (χ0n) is 14.5. The Morgan fingerprint density at radius 3 is 2.41 bits per heavy atom. The van der Waals surface area contributed by atoms with Crippen molar-refractivity contribution in [3.8, 4) is 17.2 Å². The van der Waals surface area contributed by atoms with Crippen LogP contribution >= 0.6 is 0 Å². The number of benzene rings is 1. The molecular weight excluding hydrogens is 401 g/mol. The minimum absolute atomic E-state index is 0.148. The topological polar surface area (TPSA) is 86.0 Å². The number of nitrogens with zero attached hydrogens (tertiary/aromatic N) is 4. The predicted octanol–water partition coefficient (Wildman–Crippen LogP) is 4.46. The molecule has 0 atom stereocenters. The van der Waals surface area contributed by atoms with Gasteiger partial charge in [-0.15, -0.1) is 23.4 Å². The molecule has 0 bridgehead atoms. The third-order valence-corrected chi connectivity index (χ3v) is 4.25. The van der Waals surface area contributed by atoms with Gasteiger partial charge in [-0.2, -0.15) is 8.78 Å². The quantitative estimate of drug-likeness (QED) is 0.597. The first-order chi connectivity index (χ1) is 13.7. The van der Waals surface area contributed by atoms with Crippen LogP contribution in [0.15, 0.2) is 41.1 Å². The lowest BCUT2D eigenvalue weighted by molar-refractivity contribution is -0.274. The molecule has 0 radical (unpaired) electrons. The van der Waals surface area contributed by atoms with Gasteiger partial charge in [0.25, 0.3) is 11.8 Å². The summed E-state index contributed by atoms with van der Waals surface area (Å²) in [6, 6.07) is 5.68. The third kappa shape index (κ3) is 4.25. The van der Waals surface area contributed by atoms with Crippen molar-refractivity contribution in [1.29, 1.82) is 0 Å². The molecule has 0 saturated heterocycles. The van der Waals surface area contributed by atoms with E-state index in [2.05, 4.69) is 30.2 Å². The van der Waals surface area contributed by atoms with E-state index in [1.807, 2.05) is 0 Å². The molecule has 1 aromatic carbocycles. The number of nitrogens with one attached hydrogen (secondary N) is 1. The van der Waals surface area contributed by atoms with Gasteiger partial charge in [0.2, 0.25) is 5.95 Å². The fourth-order valence-electron chi connectivity index (χ4n) is 2.76. The monoisotopic (exact) mass is 413 g/mol. The van der Waals surface area contributed by atoms with Crippen molar-refractivity contribution >= 4 is 5.95 Å². The molecule has 0 unspecified atom stereocenters. The number of hydrogen-bond donors (Lipinski definition) is 1. The van der Waals surface area contributed by atoms with Crippen LogP contribution in [0.4, 0.5) is 27.9 Å². The number of rotatable bonds is 6. The number of alkyl halides is 5. The Bertz CT molecular complexity index is 1000. The molecule has 0 amide bonds. The van der Waals surface area contributed by atoms with Gasteiger partial charge in [-0.05, 0) is 30.5 Å². The van der Waals surface area contributed by atoms with E-state index in [4.69, 9.17) is 4.42 Å². The molecule has 2 aromatic heterocycles. The van der Waals surface area contributed by atoms with Crippen molar-refractivity contribution in [2.75, 3.05) is 5.32 Å². The molecule has 2 heterocycles. The number of halogens is 5. The molecule has 29 heavy (non-hydrogen) atoms. The Labute approximate surface area is 159 Å². The van der Waals surface area contributed by atoms with E-state index in [0.29, 0.717) is 18.4 Å². The average Bonchev–Trinajstić information content (AvgIpc) is 3.26. The van der Waals surface area contributed by atoms with Crippen LogP contribution in [0.1, 0.15) is 30.7 Å². The summed E-state index contributed by atoms with van der Waals surface area (Å²) in [6.07, 6.45) is -3.70. The minimum Gasteiger partial charge on any atom is -0.415 e. The molecule has 1 aliphatic carbocycles. The van der Waals surface area contributed by atoms with Crippen molar-refractivity contribution in [3.05, 3.63) is 48.1 Å². The largest absolute Gasteiger partial charge is 0.573 e. The molecule has 12 heteroatoms. The fourth-order valence-corrected chi connectivity index (χ4v) is 2.76. The van der Waals surface area contributed by atoms with Crippen molar-refractivity contribution in [2.24, 2.45) is 0 Å². The van der Waals surface area contributed by atoms with E-state index in [9.17, 15) is 22.0 Å². The number of hydrogen-bond acceptors (Lipinski definition) is 7. The van der Waals surface area contributed by atoms with Crippen molar-refractivity contribution < 1.29 is 31.1 Å². The molecule has 3 aromatic rings. The lowest BCUT2D eigenvalue weighted by atomic mass is 10.0. The van der Waals surface area contributed by atoms with Crippen LogP contribution in [0, 0.1) is 0 Å².